The molecule has 0 aliphatic heterocycles. The van der Waals surface area contributed by atoms with E-state index in [-0.39, 0.29) is 0 Å². The van der Waals surface area contributed by atoms with Crippen LogP contribution < -0.4 is 0 Å². The summed E-state index contributed by atoms with van der Waals surface area (Å²) >= 11 is 0. The molecule has 0 fully saturated rings. The summed E-state index contributed by atoms with van der Waals surface area (Å²) in [7, 11) is -2.71. The van der Waals surface area contributed by atoms with Gasteiger partial charge in [-0.1, -0.05) is 40.5 Å². The van der Waals surface area contributed by atoms with Crippen LogP contribution in [0, 0.1) is 0 Å². The third-order valence-corrected chi connectivity index (χ3v) is 13.6. The lowest BCUT2D eigenvalue weighted by molar-refractivity contribution is 0.517. The van der Waals surface area contributed by atoms with E-state index in [1.165, 1.54) is 37.0 Å². The van der Waals surface area contributed by atoms with Gasteiger partial charge in [-0.15, -0.1) is 0 Å². The summed E-state index contributed by atoms with van der Waals surface area (Å²) in [6.45, 7) is 14.1. The van der Waals surface area contributed by atoms with Crippen LogP contribution in [0.4, 0.5) is 0 Å². The van der Waals surface area contributed by atoms with Crippen LogP contribution in [0.3, 0.4) is 0 Å². The van der Waals surface area contributed by atoms with Crippen LogP contribution in [0.15, 0.2) is 0 Å². The van der Waals surface area contributed by atoms with Crippen molar-refractivity contribution >= 4 is 16.6 Å². The number of hydrogen-bond donors (Lipinski definition) is 0. The molecule has 0 saturated carbocycles. The molecule has 92 valence electrons. The number of hydrogen-bond acceptors (Lipinski definition) is 1. The minimum absolute atomic E-state index is 1.28. The molecule has 0 rings (SSSR count). The first-order valence-corrected chi connectivity index (χ1v) is 12.3. The third kappa shape index (κ3) is 5.32. The molecule has 0 N–H and O–H groups in total. The van der Waals surface area contributed by atoms with E-state index in [2.05, 4.69) is 40.8 Å². The molecule has 0 aromatic heterocycles. The second kappa shape index (κ2) is 6.87. The molecular formula is C12H30OSi2. The van der Waals surface area contributed by atoms with E-state index >= 15 is 0 Å². The Morgan fingerprint density at radius 1 is 0.733 bits per heavy atom. The highest BCUT2D eigenvalue weighted by Crippen LogP contribution is 2.28. The Balaban J connectivity index is 4.47. The Bertz CT molecular complexity index is 157. The van der Waals surface area contributed by atoms with E-state index in [1.54, 1.807) is 0 Å². The van der Waals surface area contributed by atoms with Gasteiger partial charge in [0.1, 0.15) is 0 Å². The van der Waals surface area contributed by atoms with E-state index in [1.807, 2.05) is 0 Å². The minimum Gasteiger partial charge on any atom is -0.455 e. The molecule has 0 heterocycles. The zero-order valence-electron chi connectivity index (χ0n) is 11.7. The molecule has 1 nitrogen and oxygen atoms in total. The lowest BCUT2D eigenvalue weighted by Crippen LogP contribution is -2.47. The van der Waals surface area contributed by atoms with Crippen LogP contribution in [-0.4, -0.2) is 16.6 Å². The van der Waals surface area contributed by atoms with Gasteiger partial charge in [0.15, 0.2) is 16.6 Å². The third-order valence-electron chi connectivity index (χ3n) is 3.55. The Morgan fingerprint density at radius 3 is 1.27 bits per heavy atom. The predicted molar refractivity (Wildman–Crippen MR) is 75.5 cm³/mol. The molecule has 3 heteroatoms. The molecule has 15 heavy (non-hydrogen) atoms. The number of rotatable bonds is 8. The van der Waals surface area contributed by atoms with Crippen molar-refractivity contribution in [2.45, 2.75) is 77.8 Å². The van der Waals surface area contributed by atoms with Crippen LogP contribution >= 0.6 is 0 Å². The maximum atomic E-state index is 6.68. The van der Waals surface area contributed by atoms with Crippen molar-refractivity contribution in [3.05, 3.63) is 0 Å². The Kier molecular flexibility index (Phi) is 7.05. The normalized spacial score (nSPS) is 19.6. The van der Waals surface area contributed by atoms with Gasteiger partial charge >= 0.3 is 0 Å². The Hall–Kier alpha value is 0.394. The zero-order chi connectivity index (χ0) is 11.9. The molecule has 0 spiro atoms. The summed E-state index contributed by atoms with van der Waals surface area (Å²) < 4.78 is 6.68. The van der Waals surface area contributed by atoms with Crippen LogP contribution in [0.25, 0.3) is 0 Å². The Labute approximate surface area is 98.9 Å². The molecule has 0 bridgehead atoms. The fraction of sp³-hybridized carbons (Fsp3) is 1.00. The summed E-state index contributed by atoms with van der Waals surface area (Å²) in [5.74, 6) is 0. The molecule has 0 radical (unpaired) electrons. The van der Waals surface area contributed by atoms with E-state index in [4.69, 9.17) is 4.12 Å². The van der Waals surface area contributed by atoms with Gasteiger partial charge < -0.3 is 4.12 Å². The quantitative estimate of drug-likeness (QED) is 0.547. The highest BCUT2D eigenvalue weighted by atomic mass is 28.4. The maximum Gasteiger partial charge on any atom is 0.176 e. The SMILES string of the molecule is CCC[Si](C)(CC)O[Si](C)(CC)CCC. The molecule has 0 aromatic carbocycles. The molecule has 0 aromatic rings. The summed E-state index contributed by atoms with van der Waals surface area (Å²) in [5, 5.41) is 0. The van der Waals surface area contributed by atoms with E-state index in [0.717, 1.165) is 0 Å². The van der Waals surface area contributed by atoms with Crippen LogP contribution in [0.5, 0.6) is 0 Å². The molecule has 0 aliphatic carbocycles. The first-order valence-electron chi connectivity index (χ1n) is 6.65. The zero-order valence-corrected chi connectivity index (χ0v) is 13.7. The standard InChI is InChI=1S/C12H30OSi2/c1-7-11-14(5,9-3)13-15(6,10-4)12-8-2/h7-12H2,1-6H3. The molecule has 0 saturated heterocycles. The predicted octanol–water partition coefficient (Wildman–Crippen LogP) is 5.01. The van der Waals surface area contributed by atoms with Gasteiger partial charge in [0.2, 0.25) is 0 Å². The van der Waals surface area contributed by atoms with E-state index in [0.29, 0.717) is 0 Å². The molecule has 0 amide bonds. The lowest BCUT2D eigenvalue weighted by Gasteiger charge is -2.37. The van der Waals surface area contributed by atoms with Gasteiger partial charge in [-0.3, -0.25) is 0 Å². The van der Waals surface area contributed by atoms with Gasteiger partial charge in [0, 0.05) is 0 Å². The molecule has 2 unspecified atom stereocenters. The summed E-state index contributed by atoms with van der Waals surface area (Å²) in [6.07, 6.45) is 2.58. The van der Waals surface area contributed by atoms with E-state index < -0.39 is 16.6 Å². The van der Waals surface area contributed by atoms with Crippen molar-refractivity contribution in [3.8, 4) is 0 Å². The Morgan fingerprint density at radius 2 is 1.07 bits per heavy atom. The van der Waals surface area contributed by atoms with Crippen molar-refractivity contribution in [2.24, 2.45) is 0 Å². The summed E-state index contributed by atoms with van der Waals surface area (Å²) in [4.78, 5) is 0. The topological polar surface area (TPSA) is 9.23 Å². The summed E-state index contributed by atoms with van der Waals surface area (Å²) in [6, 6.07) is 5.26. The fourth-order valence-corrected chi connectivity index (χ4v) is 11.8. The molecular weight excluding hydrogens is 216 g/mol. The van der Waals surface area contributed by atoms with Gasteiger partial charge in [0.05, 0.1) is 0 Å². The fourth-order valence-electron chi connectivity index (χ4n) is 2.25. The van der Waals surface area contributed by atoms with Crippen molar-refractivity contribution in [1.82, 2.24) is 0 Å². The van der Waals surface area contributed by atoms with Crippen LogP contribution in [-0.2, 0) is 4.12 Å². The monoisotopic (exact) mass is 246 g/mol. The van der Waals surface area contributed by atoms with Gasteiger partial charge in [-0.05, 0) is 37.3 Å². The van der Waals surface area contributed by atoms with E-state index in [9.17, 15) is 0 Å². The van der Waals surface area contributed by atoms with Crippen molar-refractivity contribution in [1.29, 1.82) is 0 Å². The average molecular weight is 247 g/mol. The highest BCUT2D eigenvalue weighted by molar-refractivity contribution is 6.86. The smallest absolute Gasteiger partial charge is 0.176 e. The largest absolute Gasteiger partial charge is 0.455 e. The van der Waals surface area contributed by atoms with Gasteiger partial charge in [-0.2, -0.15) is 0 Å². The van der Waals surface area contributed by atoms with Gasteiger partial charge in [0.25, 0.3) is 0 Å². The molecule has 0 aliphatic rings. The maximum absolute atomic E-state index is 6.68. The molecule has 2 atom stereocenters. The van der Waals surface area contributed by atoms with Crippen molar-refractivity contribution in [3.63, 3.8) is 0 Å². The average Bonchev–Trinajstić information content (AvgIpc) is 2.18. The van der Waals surface area contributed by atoms with Crippen LogP contribution in [0.1, 0.15) is 40.5 Å². The van der Waals surface area contributed by atoms with Crippen molar-refractivity contribution < 1.29 is 4.12 Å². The summed E-state index contributed by atoms with van der Waals surface area (Å²) in [5.41, 5.74) is 0. The highest BCUT2D eigenvalue weighted by Gasteiger charge is 2.35. The minimum atomic E-state index is -1.36. The second-order valence-electron chi connectivity index (χ2n) is 5.21. The van der Waals surface area contributed by atoms with Crippen molar-refractivity contribution in [2.75, 3.05) is 0 Å². The first-order chi connectivity index (χ1) is 6.95. The lowest BCUT2D eigenvalue weighted by atomic mass is 10.6. The first kappa shape index (κ1) is 15.4. The van der Waals surface area contributed by atoms with Gasteiger partial charge in [-0.25, -0.2) is 0 Å². The second-order valence-corrected chi connectivity index (χ2v) is 14.2. The van der Waals surface area contributed by atoms with Crippen LogP contribution in [0.2, 0.25) is 37.3 Å².